The van der Waals surface area contributed by atoms with Gasteiger partial charge < -0.3 is 5.32 Å². The largest absolute Gasteiger partial charge is 0.352 e. The van der Waals surface area contributed by atoms with Gasteiger partial charge in [-0.05, 0) is 43.7 Å². The van der Waals surface area contributed by atoms with Crippen LogP contribution in [0.5, 0.6) is 0 Å². The van der Waals surface area contributed by atoms with E-state index >= 15 is 0 Å². The molecule has 0 unspecified atom stereocenters. The quantitative estimate of drug-likeness (QED) is 0.870. The Morgan fingerprint density at radius 2 is 2.11 bits per heavy atom. The molecule has 1 aromatic rings. The van der Waals surface area contributed by atoms with Gasteiger partial charge in [0.1, 0.15) is 5.82 Å². The summed E-state index contributed by atoms with van der Waals surface area (Å²) in [6, 6.07) is 6.68. The molecule has 18 heavy (non-hydrogen) atoms. The van der Waals surface area contributed by atoms with Crippen LogP contribution in [0.25, 0.3) is 0 Å². The molecule has 0 heterocycles. The number of hydrogen-bond donors (Lipinski definition) is 1. The van der Waals surface area contributed by atoms with Crippen molar-refractivity contribution in [2.45, 2.75) is 32.1 Å². The Hall–Kier alpha value is -1.64. The van der Waals surface area contributed by atoms with Gasteiger partial charge in [0.15, 0.2) is 0 Å². The van der Waals surface area contributed by atoms with Gasteiger partial charge in [0, 0.05) is 12.1 Å². The number of rotatable bonds is 4. The van der Waals surface area contributed by atoms with Crippen molar-refractivity contribution in [3.8, 4) is 0 Å². The van der Waals surface area contributed by atoms with Crippen LogP contribution in [0.2, 0.25) is 0 Å². The number of benzene rings is 1. The highest BCUT2D eigenvalue weighted by molar-refractivity contribution is 5.93. The Kier molecular flexibility index (Phi) is 4.51. The molecular weight excluding hydrogens is 229 g/mol. The average Bonchev–Trinajstić information content (AvgIpc) is 2.42. The molecule has 2 nitrogen and oxygen atoms in total. The van der Waals surface area contributed by atoms with Crippen LogP contribution in [0.4, 0.5) is 4.39 Å². The van der Waals surface area contributed by atoms with E-state index in [0.29, 0.717) is 18.5 Å². The number of allylic oxidation sites excluding steroid dienone is 1. The lowest BCUT2D eigenvalue weighted by atomic mass is 9.99. The third kappa shape index (κ3) is 3.42. The maximum atomic E-state index is 13.3. The van der Waals surface area contributed by atoms with Crippen LogP contribution in [0.3, 0.4) is 0 Å². The Bertz CT molecular complexity index is 454. The first-order valence-corrected chi connectivity index (χ1v) is 6.48. The zero-order chi connectivity index (χ0) is 12.8. The van der Waals surface area contributed by atoms with Crippen LogP contribution in [0.1, 0.15) is 31.2 Å². The van der Waals surface area contributed by atoms with Crippen LogP contribution in [0, 0.1) is 5.82 Å². The molecule has 1 N–H and O–H groups in total. The Labute approximate surface area is 107 Å². The van der Waals surface area contributed by atoms with E-state index in [-0.39, 0.29) is 11.7 Å². The van der Waals surface area contributed by atoms with E-state index in [0.717, 1.165) is 24.8 Å². The standard InChI is InChI=1S/C15H18FNO/c16-14-9-5-4-6-12(14)10-11-17-15(18)13-7-2-1-3-8-13/h4-7,9H,1-3,8,10-11H2,(H,17,18). The minimum Gasteiger partial charge on any atom is -0.352 e. The molecule has 96 valence electrons. The first-order valence-electron chi connectivity index (χ1n) is 6.48. The van der Waals surface area contributed by atoms with Crippen LogP contribution in [0.15, 0.2) is 35.9 Å². The van der Waals surface area contributed by atoms with Crippen molar-refractivity contribution in [2.24, 2.45) is 0 Å². The van der Waals surface area contributed by atoms with Crippen LogP contribution < -0.4 is 5.32 Å². The van der Waals surface area contributed by atoms with Crippen LogP contribution >= 0.6 is 0 Å². The van der Waals surface area contributed by atoms with Gasteiger partial charge in [-0.3, -0.25) is 4.79 Å². The Morgan fingerprint density at radius 1 is 1.28 bits per heavy atom. The summed E-state index contributed by atoms with van der Waals surface area (Å²) in [7, 11) is 0. The van der Waals surface area contributed by atoms with Crippen LogP contribution in [-0.4, -0.2) is 12.5 Å². The lowest BCUT2D eigenvalue weighted by Crippen LogP contribution is -2.27. The van der Waals surface area contributed by atoms with Gasteiger partial charge in [-0.25, -0.2) is 4.39 Å². The fraction of sp³-hybridized carbons (Fsp3) is 0.400. The van der Waals surface area contributed by atoms with E-state index in [2.05, 4.69) is 5.32 Å². The first-order chi connectivity index (χ1) is 8.77. The molecule has 0 aliphatic heterocycles. The highest BCUT2D eigenvalue weighted by atomic mass is 19.1. The number of amides is 1. The molecule has 3 heteroatoms. The zero-order valence-electron chi connectivity index (χ0n) is 10.4. The first kappa shape index (κ1) is 12.8. The van der Waals surface area contributed by atoms with E-state index in [1.807, 2.05) is 12.1 Å². The summed E-state index contributed by atoms with van der Waals surface area (Å²) >= 11 is 0. The van der Waals surface area contributed by atoms with E-state index < -0.39 is 0 Å². The summed E-state index contributed by atoms with van der Waals surface area (Å²) in [5.74, 6) is -0.199. The fourth-order valence-corrected chi connectivity index (χ4v) is 2.17. The molecule has 0 saturated carbocycles. The molecule has 1 aliphatic rings. The number of hydrogen-bond acceptors (Lipinski definition) is 1. The SMILES string of the molecule is O=C(NCCc1ccccc1F)C1=CCCCC1. The molecule has 0 radical (unpaired) electrons. The maximum Gasteiger partial charge on any atom is 0.246 e. The van der Waals surface area contributed by atoms with Crippen molar-refractivity contribution in [2.75, 3.05) is 6.54 Å². The van der Waals surface area contributed by atoms with Crippen molar-refractivity contribution >= 4 is 5.91 Å². The molecule has 1 aromatic carbocycles. The molecule has 1 aliphatic carbocycles. The normalized spacial score (nSPS) is 15.1. The summed E-state index contributed by atoms with van der Waals surface area (Å²) in [5.41, 5.74) is 1.53. The number of carbonyl (C=O) groups excluding carboxylic acids is 1. The second-order valence-corrected chi connectivity index (χ2v) is 4.57. The van der Waals surface area contributed by atoms with E-state index in [4.69, 9.17) is 0 Å². The highest BCUT2D eigenvalue weighted by Gasteiger charge is 2.11. The van der Waals surface area contributed by atoms with Crippen molar-refractivity contribution in [1.29, 1.82) is 0 Å². The molecule has 1 amide bonds. The van der Waals surface area contributed by atoms with Gasteiger partial charge in [0.05, 0.1) is 0 Å². The van der Waals surface area contributed by atoms with Gasteiger partial charge in [-0.15, -0.1) is 0 Å². The molecule has 0 atom stereocenters. The smallest absolute Gasteiger partial charge is 0.246 e. The van der Waals surface area contributed by atoms with Gasteiger partial charge in [-0.2, -0.15) is 0 Å². The van der Waals surface area contributed by atoms with Crippen molar-refractivity contribution in [1.82, 2.24) is 5.32 Å². The number of carbonyl (C=O) groups is 1. The van der Waals surface area contributed by atoms with Gasteiger partial charge in [-0.1, -0.05) is 24.3 Å². The second kappa shape index (κ2) is 6.34. The summed E-state index contributed by atoms with van der Waals surface area (Å²) in [4.78, 5) is 11.8. The zero-order valence-corrected chi connectivity index (χ0v) is 10.4. The Morgan fingerprint density at radius 3 is 2.83 bits per heavy atom. The average molecular weight is 247 g/mol. The summed E-state index contributed by atoms with van der Waals surface area (Å²) < 4.78 is 13.3. The monoisotopic (exact) mass is 247 g/mol. The van der Waals surface area contributed by atoms with Gasteiger partial charge in [0.25, 0.3) is 0 Å². The van der Waals surface area contributed by atoms with E-state index in [1.54, 1.807) is 12.1 Å². The van der Waals surface area contributed by atoms with Gasteiger partial charge >= 0.3 is 0 Å². The topological polar surface area (TPSA) is 29.1 Å². The van der Waals surface area contributed by atoms with Crippen LogP contribution in [-0.2, 0) is 11.2 Å². The lowest BCUT2D eigenvalue weighted by Gasteiger charge is -2.12. The van der Waals surface area contributed by atoms with E-state index in [1.165, 1.54) is 12.5 Å². The predicted molar refractivity (Wildman–Crippen MR) is 69.7 cm³/mol. The molecule has 0 fully saturated rings. The minimum atomic E-state index is -0.205. The second-order valence-electron chi connectivity index (χ2n) is 4.57. The maximum absolute atomic E-state index is 13.3. The molecule has 2 rings (SSSR count). The third-order valence-electron chi connectivity index (χ3n) is 3.22. The molecule has 0 bridgehead atoms. The van der Waals surface area contributed by atoms with Gasteiger partial charge in [0.2, 0.25) is 5.91 Å². The lowest BCUT2D eigenvalue weighted by molar-refractivity contribution is -0.117. The molecular formula is C15H18FNO. The molecule has 0 saturated heterocycles. The molecule has 0 aromatic heterocycles. The summed E-state index contributed by atoms with van der Waals surface area (Å²) in [5, 5.41) is 2.85. The van der Waals surface area contributed by atoms with E-state index in [9.17, 15) is 9.18 Å². The number of halogens is 1. The minimum absolute atomic E-state index is 0.00559. The molecule has 0 spiro atoms. The fourth-order valence-electron chi connectivity index (χ4n) is 2.17. The van der Waals surface area contributed by atoms with Crippen molar-refractivity contribution in [3.63, 3.8) is 0 Å². The number of nitrogens with one attached hydrogen (secondary N) is 1. The predicted octanol–water partition coefficient (Wildman–Crippen LogP) is 2.98. The summed E-state index contributed by atoms with van der Waals surface area (Å²) in [6.07, 6.45) is 6.67. The highest BCUT2D eigenvalue weighted by Crippen LogP contribution is 2.17. The Balaban J connectivity index is 1.80. The summed E-state index contributed by atoms with van der Waals surface area (Å²) in [6.45, 7) is 0.483. The third-order valence-corrected chi connectivity index (χ3v) is 3.22. The van der Waals surface area contributed by atoms with Crippen molar-refractivity contribution < 1.29 is 9.18 Å². The van der Waals surface area contributed by atoms with Crippen molar-refractivity contribution in [3.05, 3.63) is 47.3 Å².